The first-order valence-corrected chi connectivity index (χ1v) is 5.70. The standard InChI is InChI=1S/C11H14N2O5/c1-12(2)10(16)6-5-7(6)11(17)18-13-8(14)3-4-9(13)15/h6-7H,3-5H2,1-2H3. The molecule has 1 saturated carbocycles. The van der Waals surface area contributed by atoms with Crippen molar-refractivity contribution in [1.82, 2.24) is 9.96 Å². The summed E-state index contributed by atoms with van der Waals surface area (Å²) in [6.07, 6.45) is 0.541. The van der Waals surface area contributed by atoms with Crippen LogP contribution in [0.2, 0.25) is 0 Å². The molecule has 2 atom stereocenters. The van der Waals surface area contributed by atoms with Crippen molar-refractivity contribution in [1.29, 1.82) is 0 Å². The maximum absolute atomic E-state index is 11.7. The first-order valence-electron chi connectivity index (χ1n) is 5.70. The van der Waals surface area contributed by atoms with Crippen LogP contribution in [0.5, 0.6) is 0 Å². The monoisotopic (exact) mass is 254 g/mol. The number of rotatable bonds is 3. The molecule has 7 heteroatoms. The zero-order chi connectivity index (χ0) is 13.4. The van der Waals surface area contributed by atoms with Crippen LogP contribution in [0.3, 0.4) is 0 Å². The highest BCUT2D eigenvalue weighted by Crippen LogP contribution is 2.40. The minimum absolute atomic E-state index is 0.0663. The van der Waals surface area contributed by atoms with Gasteiger partial charge in [-0.2, -0.15) is 0 Å². The van der Waals surface area contributed by atoms with Gasteiger partial charge in [-0.05, 0) is 6.42 Å². The van der Waals surface area contributed by atoms with E-state index in [0.717, 1.165) is 0 Å². The first-order chi connectivity index (χ1) is 8.41. The zero-order valence-corrected chi connectivity index (χ0v) is 10.2. The summed E-state index contributed by atoms with van der Waals surface area (Å²) < 4.78 is 0. The highest BCUT2D eigenvalue weighted by molar-refractivity contribution is 6.02. The Labute approximate surface area is 104 Å². The summed E-state index contributed by atoms with van der Waals surface area (Å²) in [6, 6.07) is 0. The highest BCUT2D eigenvalue weighted by atomic mass is 16.7. The molecule has 0 N–H and O–H groups in total. The molecule has 0 aromatic rings. The van der Waals surface area contributed by atoms with E-state index in [0.29, 0.717) is 11.5 Å². The van der Waals surface area contributed by atoms with Gasteiger partial charge in [-0.3, -0.25) is 14.4 Å². The van der Waals surface area contributed by atoms with Gasteiger partial charge in [0, 0.05) is 26.9 Å². The molecule has 1 heterocycles. The quantitative estimate of drug-likeness (QED) is 0.623. The number of nitrogens with zero attached hydrogens (tertiary/aromatic N) is 2. The molecule has 2 aliphatic rings. The van der Waals surface area contributed by atoms with E-state index in [4.69, 9.17) is 4.84 Å². The summed E-state index contributed by atoms with van der Waals surface area (Å²) in [5.41, 5.74) is 0. The zero-order valence-electron chi connectivity index (χ0n) is 10.2. The molecule has 0 radical (unpaired) electrons. The van der Waals surface area contributed by atoms with Gasteiger partial charge in [0.15, 0.2) is 0 Å². The molecule has 2 rings (SSSR count). The van der Waals surface area contributed by atoms with E-state index in [1.165, 1.54) is 4.90 Å². The smallest absolute Gasteiger partial charge is 0.337 e. The Kier molecular flexibility index (Phi) is 3.06. The Morgan fingerprint density at radius 2 is 1.72 bits per heavy atom. The van der Waals surface area contributed by atoms with Gasteiger partial charge in [0.1, 0.15) is 0 Å². The van der Waals surface area contributed by atoms with Crippen molar-refractivity contribution >= 4 is 23.7 Å². The molecule has 0 aromatic heterocycles. The minimum atomic E-state index is -0.682. The highest BCUT2D eigenvalue weighted by Gasteiger charge is 2.51. The predicted molar refractivity (Wildman–Crippen MR) is 57.5 cm³/mol. The van der Waals surface area contributed by atoms with Crippen molar-refractivity contribution in [2.45, 2.75) is 19.3 Å². The third-order valence-electron chi connectivity index (χ3n) is 3.04. The molecule has 1 saturated heterocycles. The lowest BCUT2D eigenvalue weighted by Gasteiger charge is -2.13. The Hall–Kier alpha value is -1.92. The predicted octanol–water partition coefficient (Wildman–Crippen LogP) is -0.682. The van der Waals surface area contributed by atoms with E-state index in [1.54, 1.807) is 14.1 Å². The Balaban J connectivity index is 1.89. The molecule has 1 aliphatic carbocycles. The number of imide groups is 1. The summed E-state index contributed by atoms with van der Waals surface area (Å²) >= 11 is 0. The van der Waals surface area contributed by atoms with E-state index >= 15 is 0 Å². The van der Waals surface area contributed by atoms with Crippen LogP contribution in [0.1, 0.15) is 19.3 Å². The molecule has 0 aromatic carbocycles. The second-order valence-corrected chi connectivity index (χ2v) is 4.67. The summed E-state index contributed by atoms with van der Waals surface area (Å²) in [6.45, 7) is 0. The molecule has 0 bridgehead atoms. The van der Waals surface area contributed by atoms with Gasteiger partial charge in [-0.1, -0.05) is 0 Å². The van der Waals surface area contributed by atoms with Gasteiger partial charge in [-0.15, -0.1) is 5.06 Å². The average Bonchev–Trinajstić information content (AvgIpc) is 3.05. The van der Waals surface area contributed by atoms with Gasteiger partial charge < -0.3 is 9.74 Å². The molecule has 98 valence electrons. The number of hydroxylamine groups is 2. The summed E-state index contributed by atoms with van der Waals surface area (Å²) in [5.74, 6) is -2.77. The van der Waals surface area contributed by atoms with Crippen LogP contribution in [0.4, 0.5) is 0 Å². The summed E-state index contributed by atoms with van der Waals surface area (Å²) in [7, 11) is 3.22. The molecular weight excluding hydrogens is 240 g/mol. The van der Waals surface area contributed by atoms with E-state index in [9.17, 15) is 19.2 Å². The van der Waals surface area contributed by atoms with Gasteiger partial charge in [0.05, 0.1) is 11.8 Å². The van der Waals surface area contributed by atoms with Crippen LogP contribution in [-0.4, -0.2) is 47.7 Å². The van der Waals surface area contributed by atoms with Crippen LogP contribution in [0, 0.1) is 11.8 Å². The first kappa shape index (κ1) is 12.5. The van der Waals surface area contributed by atoms with Crippen molar-refractivity contribution in [3.8, 4) is 0 Å². The number of amides is 3. The van der Waals surface area contributed by atoms with Crippen LogP contribution < -0.4 is 0 Å². The number of carbonyl (C=O) groups excluding carboxylic acids is 4. The maximum Gasteiger partial charge on any atom is 0.337 e. The molecule has 3 amide bonds. The fourth-order valence-electron chi connectivity index (χ4n) is 1.88. The summed E-state index contributed by atoms with van der Waals surface area (Å²) in [5, 5.41) is 0.512. The topological polar surface area (TPSA) is 84.0 Å². The third kappa shape index (κ3) is 2.20. The molecular formula is C11H14N2O5. The van der Waals surface area contributed by atoms with Crippen molar-refractivity contribution in [3.63, 3.8) is 0 Å². The number of hydrogen-bond donors (Lipinski definition) is 0. The van der Waals surface area contributed by atoms with Crippen molar-refractivity contribution in [2.75, 3.05) is 14.1 Å². The van der Waals surface area contributed by atoms with Crippen molar-refractivity contribution in [3.05, 3.63) is 0 Å². The van der Waals surface area contributed by atoms with Gasteiger partial charge in [-0.25, -0.2) is 4.79 Å². The Morgan fingerprint density at radius 3 is 2.22 bits per heavy atom. The lowest BCUT2D eigenvalue weighted by Crippen LogP contribution is -2.33. The lowest BCUT2D eigenvalue weighted by atomic mass is 10.3. The molecule has 2 unspecified atom stereocenters. The third-order valence-corrected chi connectivity index (χ3v) is 3.04. The van der Waals surface area contributed by atoms with Crippen LogP contribution in [-0.2, 0) is 24.0 Å². The molecule has 2 fully saturated rings. The Morgan fingerprint density at radius 1 is 1.17 bits per heavy atom. The fraction of sp³-hybridized carbons (Fsp3) is 0.636. The molecule has 7 nitrogen and oxygen atoms in total. The maximum atomic E-state index is 11.7. The van der Waals surface area contributed by atoms with Crippen molar-refractivity contribution < 1.29 is 24.0 Å². The second-order valence-electron chi connectivity index (χ2n) is 4.67. The molecule has 0 spiro atoms. The van der Waals surface area contributed by atoms with Crippen LogP contribution in [0.25, 0.3) is 0 Å². The van der Waals surface area contributed by atoms with E-state index < -0.39 is 23.7 Å². The average molecular weight is 254 g/mol. The number of hydrogen-bond acceptors (Lipinski definition) is 5. The second kappa shape index (κ2) is 4.40. The minimum Gasteiger partial charge on any atom is -0.349 e. The van der Waals surface area contributed by atoms with E-state index in [1.807, 2.05) is 0 Å². The SMILES string of the molecule is CN(C)C(=O)C1CC1C(=O)ON1C(=O)CCC1=O. The Bertz CT molecular complexity index is 415. The molecule has 1 aliphatic heterocycles. The van der Waals surface area contributed by atoms with E-state index in [2.05, 4.69) is 0 Å². The van der Waals surface area contributed by atoms with Gasteiger partial charge in [0.25, 0.3) is 11.8 Å². The largest absolute Gasteiger partial charge is 0.349 e. The van der Waals surface area contributed by atoms with Gasteiger partial charge >= 0.3 is 5.97 Å². The van der Waals surface area contributed by atoms with Crippen LogP contribution in [0.15, 0.2) is 0 Å². The summed E-state index contributed by atoms with van der Waals surface area (Å²) in [4.78, 5) is 51.8. The van der Waals surface area contributed by atoms with Crippen LogP contribution >= 0.6 is 0 Å². The molecule has 18 heavy (non-hydrogen) atoms. The normalized spacial score (nSPS) is 26.2. The van der Waals surface area contributed by atoms with E-state index in [-0.39, 0.29) is 24.7 Å². The fourth-order valence-corrected chi connectivity index (χ4v) is 1.88. The lowest BCUT2D eigenvalue weighted by molar-refractivity contribution is -0.198. The van der Waals surface area contributed by atoms with Gasteiger partial charge in [0.2, 0.25) is 5.91 Å². The number of carbonyl (C=O) groups is 4. The van der Waals surface area contributed by atoms with Crippen molar-refractivity contribution in [2.24, 2.45) is 11.8 Å².